The van der Waals surface area contributed by atoms with Crippen LogP contribution in [-0.4, -0.2) is 54.5 Å². The molecule has 4 nitrogen and oxygen atoms in total. The first kappa shape index (κ1) is 22.3. The summed E-state index contributed by atoms with van der Waals surface area (Å²) < 4.78 is 0. The molecule has 2 bridgehead atoms. The Hall–Kier alpha value is -0.0300. The largest absolute Gasteiger partial charge is 0.342 e. The van der Waals surface area contributed by atoms with Crippen LogP contribution < -0.4 is 5.73 Å². The Morgan fingerprint density at radius 3 is 2.35 bits per heavy atom. The van der Waals surface area contributed by atoms with Gasteiger partial charge in [0.2, 0.25) is 5.91 Å². The van der Waals surface area contributed by atoms with Gasteiger partial charge in [0, 0.05) is 25.7 Å². The molecule has 1 amide bonds. The number of carbonyl (C=O) groups excluding carboxylic acids is 1. The second kappa shape index (κ2) is 9.45. The first-order valence-electron chi connectivity index (χ1n) is 10.4. The van der Waals surface area contributed by atoms with Crippen LogP contribution >= 0.6 is 24.8 Å². The molecular formula is C20H37Cl2N3O. The average molecular weight is 406 g/mol. The van der Waals surface area contributed by atoms with Gasteiger partial charge in [0.25, 0.3) is 0 Å². The molecule has 2 saturated carbocycles. The maximum Gasteiger partial charge on any atom is 0.227 e. The molecule has 0 aromatic heterocycles. The van der Waals surface area contributed by atoms with Crippen LogP contribution in [0.1, 0.15) is 51.9 Å². The van der Waals surface area contributed by atoms with E-state index in [0.717, 1.165) is 19.0 Å². The normalized spacial score (nSPS) is 37.9. The van der Waals surface area contributed by atoms with E-state index < -0.39 is 0 Å². The molecule has 2 saturated heterocycles. The van der Waals surface area contributed by atoms with Gasteiger partial charge in [0.05, 0.1) is 5.92 Å². The molecule has 4 aliphatic rings. The summed E-state index contributed by atoms with van der Waals surface area (Å²) in [6.45, 7) is 8.01. The highest BCUT2D eigenvalue weighted by Gasteiger charge is 2.50. The third-order valence-corrected chi connectivity index (χ3v) is 7.49. The Kier molecular flexibility index (Phi) is 8.09. The third kappa shape index (κ3) is 4.51. The number of rotatable bonds is 3. The van der Waals surface area contributed by atoms with Crippen LogP contribution in [-0.2, 0) is 4.79 Å². The zero-order valence-corrected chi connectivity index (χ0v) is 17.8. The van der Waals surface area contributed by atoms with Crippen molar-refractivity contribution in [3.05, 3.63) is 0 Å². The van der Waals surface area contributed by atoms with Gasteiger partial charge < -0.3 is 15.5 Å². The third-order valence-electron chi connectivity index (χ3n) is 7.49. The molecular weight excluding hydrogens is 369 g/mol. The van der Waals surface area contributed by atoms with Crippen LogP contribution in [0.3, 0.4) is 0 Å². The Bertz CT molecular complexity index is 468. The van der Waals surface area contributed by atoms with Gasteiger partial charge in [-0.3, -0.25) is 4.79 Å². The smallest absolute Gasteiger partial charge is 0.227 e. The predicted octanol–water partition coefficient (Wildman–Crippen LogP) is 3.17. The first-order valence-corrected chi connectivity index (χ1v) is 10.4. The molecule has 0 aromatic carbocycles. The topological polar surface area (TPSA) is 49.6 Å². The van der Waals surface area contributed by atoms with E-state index >= 15 is 0 Å². The minimum atomic E-state index is 0. The summed E-state index contributed by atoms with van der Waals surface area (Å²) >= 11 is 0. The van der Waals surface area contributed by atoms with Crippen molar-refractivity contribution in [1.29, 1.82) is 0 Å². The number of carbonyl (C=O) groups is 1. The number of likely N-dealkylation sites (tertiary alicyclic amines) is 2. The zero-order valence-electron chi connectivity index (χ0n) is 16.1. The Labute approximate surface area is 171 Å². The van der Waals surface area contributed by atoms with Crippen molar-refractivity contribution < 1.29 is 4.79 Å². The van der Waals surface area contributed by atoms with Crippen LogP contribution in [0.5, 0.6) is 0 Å². The summed E-state index contributed by atoms with van der Waals surface area (Å²) in [5.41, 5.74) is 6.41. The molecule has 6 heteroatoms. The monoisotopic (exact) mass is 405 g/mol. The summed E-state index contributed by atoms with van der Waals surface area (Å²) in [7, 11) is 0. The van der Waals surface area contributed by atoms with Crippen LogP contribution in [0.25, 0.3) is 0 Å². The van der Waals surface area contributed by atoms with Crippen LogP contribution in [0.15, 0.2) is 0 Å². The number of nitrogens with two attached hydrogens (primary N) is 1. The fourth-order valence-corrected chi connectivity index (χ4v) is 5.94. The van der Waals surface area contributed by atoms with E-state index in [2.05, 4.69) is 16.7 Å². The van der Waals surface area contributed by atoms with Crippen LogP contribution in [0.2, 0.25) is 0 Å². The van der Waals surface area contributed by atoms with Crippen molar-refractivity contribution in [3.8, 4) is 0 Å². The Balaban J connectivity index is 0.00000121. The van der Waals surface area contributed by atoms with Gasteiger partial charge in [-0.1, -0.05) is 6.92 Å². The van der Waals surface area contributed by atoms with Gasteiger partial charge in [-0.05, 0) is 81.7 Å². The van der Waals surface area contributed by atoms with E-state index in [4.69, 9.17) is 5.73 Å². The van der Waals surface area contributed by atoms with E-state index in [-0.39, 0.29) is 36.8 Å². The minimum Gasteiger partial charge on any atom is -0.342 e. The fraction of sp³-hybridized carbons (Fsp3) is 0.950. The molecule has 2 N–H and O–H groups in total. The molecule has 0 radical (unpaired) electrons. The SMILES string of the molecule is CC1CCN(CC2CCCN(C(=O)C3C4CCC(C4)C3N)C2)CC1.Cl.Cl. The summed E-state index contributed by atoms with van der Waals surface area (Å²) in [6.07, 6.45) is 8.85. The summed E-state index contributed by atoms with van der Waals surface area (Å²) in [5.74, 6) is 3.31. The van der Waals surface area contributed by atoms with Crippen LogP contribution in [0.4, 0.5) is 0 Å². The van der Waals surface area contributed by atoms with Gasteiger partial charge in [0.15, 0.2) is 0 Å². The van der Waals surface area contributed by atoms with Gasteiger partial charge in [0.1, 0.15) is 0 Å². The number of piperidine rings is 2. The standard InChI is InChI=1S/C20H35N3O.2ClH/c1-14-6-9-22(10-7-14)12-15-3-2-8-23(13-15)20(24)18-16-4-5-17(11-16)19(18)21;;/h14-19H,2-13,21H2,1H3;2*1H. The van der Waals surface area contributed by atoms with E-state index in [0.29, 0.717) is 23.7 Å². The molecule has 5 atom stereocenters. The van der Waals surface area contributed by atoms with Crippen molar-refractivity contribution in [2.75, 3.05) is 32.7 Å². The maximum atomic E-state index is 13.1. The summed E-state index contributed by atoms with van der Waals surface area (Å²) in [4.78, 5) is 17.9. The number of hydrogen-bond donors (Lipinski definition) is 1. The molecule has 0 spiro atoms. The fourth-order valence-electron chi connectivity index (χ4n) is 5.94. The molecule has 4 rings (SSSR count). The van der Waals surface area contributed by atoms with E-state index in [1.54, 1.807) is 0 Å². The van der Waals surface area contributed by atoms with Crippen molar-refractivity contribution in [3.63, 3.8) is 0 Å². The summed E-state index contributed by atoms with van der Waals surface area (Å²) in [6, 6.07) is 0.139. The van der Waals surface area contributed by atoms with Crippen LogP contribution in [0, 0.1) is 29.6 Å². The molecule has 4 fully saturated rings. The number of fused-ring (bicyclic) bond motifs is 2. The van der Waals surface area contributed by atoms with Gasteiger partial charge in [-0.15, -0.1) is 24.8 Å². The Morgan fingerprint density at radius 1 is 1.00 bits per heavy atom. The van der Waals surface area contributed by atoms with E-state index in [9.17, 15) is 4.79 Å². The Morgan fingerprint density at radius 2 is 1.69 bits per heavy atom. The van der Waals surface area contributed by atoms with Crippen molar-refractivity contribution >= 4 is 30.7 Å². The van der Waals surface area contributed by atoms with Crippen molar-refractivity contribution in [2.45, 2.75) is 57.9 Å². The van der Waals surface area contributed by atoms with E-state index in [1.165, 1.54) is 64.6 Å². The highest BCUT2D eigenvalue weighted by Crippen LogP contribution is 2.48. The molecule has 2 heterocycles. The highest BCUT2D eigenvalue weighted by molar-refractivity contribution is 5.85. The number of hydrogen-bond acceptors (Lipinski definition) is 3. The molecule has 0 aromatic rings. The molecule has 5 unspecified atom stereocenters. The lowest BCUT2D eigenvalue weighted by atomic mass is 9.83. The second-order valence-corrected chi connectivity index (χ2v) is 9.21. The van der Waals surface area contributed by atoms with Gasteiger partial charge in [-0.25, -0.2) is 0 Å². The molecule has 2 aliphatic carbocycles. The van der Waals surface area contributed by atoms with Crippen molar-refractivity contribution in [1.82, 2.24) is 9.80 Å². The minimum absolute atomic E-state index is 0. The quantitative estimate of drug-likeness (QED) is 0.783. The maximum absolute atomic E-state index is 13.1. The summed E-state index contributed by atoms with van der Waals surface area (Å²) in [5, 5.41) is 0. The lowest BCUT2D eigenvalue weighted by molar-refractivity contribution is -0.139. The first-order chi connectivity index (χ1) is 11.6. The number of amides is 1. The molecule has 152 valence electrons. The number of nitrogens with zero attached hydrogens (tertiary/aromatic N) is 2. The predicted molar refractivity (Wildman–Crippen MR) is 111 cm³/mol. The lowest BCUT2D eigenvalue weighted by Gasteiger charge is -2.40. The highest BCUT2D eigenvalue weighted by atomic mass is 35.5. The number of halogens is 2. The van der Waals surface area contributed by atoms with Gasteiger partial charge >= 0.3 is 0 Å². The lowest BCUT2D eigenvalue weighted by Crippen LogP contribution is -2.51. The average Bonchev–Trinajstić information content (AvgIpc) is 3.18. The zero-order chi connectivity index (χ0) is 16.7. The van der Waals surface area contributed by atoms with Crippen molar-refractivity contribution in [2.24, 2.45) is 35.3 Å². The molecule has 2 aliphatic heterocycles. The molecule has 26 heavy (non-hydrogen) atoms. The van der Waals surface area contributed by atoms with Gasteiger partial charge in [-0.2, -0.15) is 0 Å². The second-order valence-electron chi connectivity index (χ2n) is 9.21. The van der Waals surface area contributed by atoms with E-state index in [1.807, 2.05) is 0 Å².